The third kappa shape index (κ3) is 1.57. The quantitative estimate of drug-likeness (QED) is 0.722. The molecular formula is C10H12FNO2. The number of aromatic nitrogens is 1. The van der Waals surface area contributed by atoms with Crippen LogP contribution < -0.4 is 4.74 Å². The van der Waals surface area contributed by atoms with Crippen molar-refractivity contribution in [1.82, 2.24) is 4.98 Å². The van der Waals surface area contributed by atoms with Crippen LogP contribution in [0.3, 0.4) is 0 Å². The number of nitrogens with zero attached hydrogens (tertiary/aromatic N) is 1. The highest BCUT2D eigenvalue weighted by Crippen LogP contribution is 2.34. The average Bonchev–Trinajstić information content (AvgIpc) is 2.67. The van der Waals surface area contributed by atoms with Gasteiger partial charge in [0.25, 0.3) is 0 Å². The van der Waals surface area contributed by atoms with E-state index in [-0.39, 0.29) is 6.61 Å². The predicted octanol–water partition coefficient (Wildman–Crippen LogP) is 1.68. The van der Waals surface area contributed by atoms with Gasteiger partial charge in [0.1, 0.15) is 5.75 Å². The molecule has 2 heterocycles. The second-order valence-electron chi connectivity index (χ2n) is 3.35. The van der Waals surface area contributed by atoms with Crippen molar-refractivity contribution in [1.29, 1.82) is 0 Å². The predicted molar refractivity (Wildman–Crippen MR) is 49.0 cm³/mol. The highest BCUT2D eigenvalue weighted by Gasteiger charge is 2.38. The van der Waals surface area contributed by atoms with Crippen molar-refractivity contribution in [3.05, 3.63) is 24.0 Å². The third-order valence-electron chi connectivity index (χ3n) is 2.40. The number of halogens is 1. The minimum atomic E-state index is -1.44. The molecule has 0 amide bonds. The summed E-state index contributed by atoms with van der Waals surface area (Å²) in [6.07, 6.45) is 1.92. The standard InChI is InChI=1S/C10H12FNO2/c1-13-8-2-4-12-9(6-8)10(11)3-5-14-7-10/h2,4,6H,3,5,7H2,1H3. The Bertz CT molecular complexity index is 324. The molecule has 2 rings (SSSR count). The molecule has 0 N–H and O–H groups in total. The summed E-state index contributed by atoms with van der Waals surface area (Å²) in [5.74, 6) is 0.624. The van der Waals surface area contributed by atoms with E-state index in [1.54, 1.807) is 25.4 Å². The molecule has 3 nitrogen and oxygen atoms in total. The fourth-order valence-corrected chi connectivity index (χ4v) is 1.53. The highest BCUT2D eigenvalue weighted by atomic mass is 19.1. The molecule has 76 valence electrons. The monoisotopic (exact) mass is 197 g/mol. The number of methoxy groups -OCH3 is 1. The largest absolute Gasteiger partial charge is 0.497 e. The van der Waals surface area contributed by atoms with Gasteiger partial charge in [0.15, 0.2) is 5.67 Å². The summed E-state index contributed by atoms with van der Waals surface area (Å²) < 4.78 is 24.2. The summed E-state index contributed by atoms with van der Waals surface area (Å²) in [4.78, 5) is 4.01. The van der Waals surface area contributed by atoms with Gasteiger partial charge in [-0.1, -0.05) is 0 Å². The van der Waals surface area contributed by atoms with Crippen LogP contribution in [-0.4, -0.2) is 25.3 Å². The van der Waals surface area contributed by atoms with E-state index in [1.165, 1.54) is 0 Å². The van der Waals surface area contributed by atoms with Crippen LogP contribution in [0.1, 0.15) is 12.1 Å². The van der Waals surface area contributed by atoms with Crippen LogP contribution in [0.4, 0.5) is 4.39 Å². The maximum atomic E-state index is 14.1. The van der Waals surface area contributed by atoms with E-state index in [0.29, 0.717) is 24.5 Å². The lowest BCUT2D eigenvalue weighted by molar-refractivity contribution is 0.108. The van der Waals surface area contributed by atoms with Crippen LogP contribution in [0, 0.1) is 0 Å². The first-order chi connectivity index (χ1) is 6.74. The lowest BCUT2D eigenvalue weighted by Crippen LogP contribution is -2.21. The first-order valence-corrected chi connectivity index (χ1v) is 4.52. The Kier molecular flexibility index (Phi) is 2.37. The van der Waals surface area contributed by atoms with Gasteiger partial charge in [0, 0.05) is 18.7 Å². The molecular weight excluding hydrogens is 185 g/mol. The fourth-order valence-electron chi connectivity index (χ4n) is 1.53. The van der Waals surface area contributed by atoms with Gasteiger partial charge in [0.2, 0.25) is 0 Å². The summed E-state index contributed by atoms with van der Waals surface area (Å²) in [6.45, 7) is 0.544. The first kappa shape index (κ1) is 9.40. The fraction of sp³-hybridized carbons (Fsp3) is 0.500. The zero-order valence-electron chi connectivity index (χ0n) is 8.00. The maximum absolute atomic E-state index is 14.1. The lowest BCUT2D eigenvalue weighted by Gasteiger charge is -2.16. The summed E-state index contributed by atoms with van der Waals surface area (Å²) in [7, 11) is 1.55. The summed E-state index contributed by atoms with van der Waals surface area (Å²) in [5, 5.41) is 0. The number of hydrogen-bond donors (Lipinski definition) is 0. The molecule has 1 aromatic heterocycles. The summed E-state index contributed by atoms with van der Waals surface area (Å²) in [5.41, 5.74) is -1.04. The summed E-state index contributed by atoms with van der Waals surface area (Å²) in [6, 6.07) is 3.32. The van der Waals surface area contributed by atoms with Crippen molar-refractivity contribution in [3.63, 3.8) is 0 Å². The van der Waals surface area contributed by atoms with E-state index < -0.39 is 5.67 Å². The SMILES string of the molecule is COc1ccnc(C2(F)CCOC2)c1. The Morgan fingerprint density at radius 2 is 2.50 bits per heavy atom. The van der Waals surface area contributed by atoms with Crippen LogP contribution >= 0.6 is 0 Å². The Morgan fingerprint density at radius 3 is 3.14 bits per heavy atom. The Labute approximate surface area is 81.9 Å². The third-order valence-corrected chi connectivity index (χ3v) is 2.40. The smallest absolute Gasteiger partial charge is 0.178 e. The van der Waals surface area contributed by atoms with E-state index in [4.69, 9.17) is 9.47 Å². The van der Waals surface area contributed by atoms with Crippen LogP contribution in [0.25, 0.3) is 0 Å². The maximum Gasteiger partial charge on any atom is 0.178 e. The first-order valence-electron chi connectivity index (χ1n) is 4.52. The van der Waals surface area contributed by atoms with Crippen molar-refractivity contribution in [2.45, 2.75) is 12.1 Å². The van der Waals surface area contributed by atoms with Gasteiger partial charge in [-0.2, -0.15) is 0 Å². The number of hydrogen-bond acceptors (Lipinski definition) is 3. The molecule has 0 aliphatic carbocycles. The van der Waals surface area contributed by atoms with Crippen molar-refractivity contribution >= 4 is 0 Å². The molecule has 0 saturated carbocycles. The molecule has 4 heteroatoms. The Balaban J connectivity index is 2.30. The number of ether oxygens (including phenoxy) is 2. The normalized spacial score (nSPS) is 26.4. The number of rotatable bonds is 2. The van der Waals surface area contributed by atoms with Crippen LogP contribution in [0.5, 0.6) is 5.75 Å². The van der Waals surface area contributed by atoms with Crippen LogP contribution in [-0.2, 0) is 10.4 Å². The Hall–Kier alpha value is -1.16. The molecule has 1 atom stereocenters. The average molecular weight is 197 g/mol. The second kappa shape index (κ2) is 3.53. The second-order valence-corrected chi connectivity index (χ2v) is 3.35. The molecule has 0 aromatic carbocycles. The molecule has 1 fully saturated rings. The van der Waals surface area contributed by atoms with E-state index >= 15 is 0 Å². The van der Waals surface area contributed by atoms with E-state index in [2.05, 4.69) is 4.98 Å². The Morgan fingerprint density at radius 1 is 1.64 bits per heavy atom. The van der Waals surface area contributed by atoms with Crippen molar-refractivity contribution in [2.24, 2.45) is 0 Å². The molecule has 1 aliphatic rings. The minimum Gasteiger partial charge on any atom is -0.497 e. The van der Waals surface area contributed by atoms with Crippen LogP contribution in [0.2, 0.25) is 0 Å². The number of pyridine rings is 1. The summed E-state index contributed by atoms with van der Waals surface area (Å²) >= 11 is 0. The van der Waals surface area contributed by atoms with Gasteiger partial charge in [-0.15, -0.1) is 0 Å². The molecule has 0 spiro atoms. The van der Waals surface area contributed by atoms with E-state index in [1.807, 2.05) is 0 Å². The van der Waals surface area contributed by atoms with E-state index in [9.17, 15) is 4.39 Å². The van der Waals surface area contributed by atoms with Gasteiger partial charge >= 0.3 is 0 Å². The van der Waals surface area contributed by atoms with Crippen LogP contribution in [0.15, 0.2) is 18.3 Å². The molecule has 14 heavy (non-hydrogen) atoms. The topological polar surface area (TPSA) is 31.4 Å². The molecule has 0 bridgehead atoms. The van der Waals surface area contributed by atoms with Crippen molar-refractivity contribution < 1.29 is 13.9 Å². The van der Waals surface area contributed by atoms with Gasteiger partial charge < -0.3 is 9.47 Å². The van der Waals surface area contributed by atoms with Gasteiger partial charge in [-0.3, -0.25) is 4.98 Å². The minimum absolute atomic E-state index is 0.0904. The van der Waals surface area contributed by atoms with Gasteiger partial charge in [-0.25, -0.2) is 4.39 Å². The highest BCUT2D eigenvalue weighted by molar-refractivity contribution is 5.26. The molecule has 1 unspecified atom stereocenters. The molecule has 1 aliphatic heterocycles. The molecule has 1 saturated heterocycles. The molecule has 1 aromatic rings. The zero-order valence-corrected chi connectivity index (χ0v) is 8.00. The zero-order chi connectivity index (χ0) is 10.0. The molecule has 0 radical (unpaired) electrons. The number of alkyl halides is 1. The van der Waals surface area contributed by atoms with Crippen molar-refractivity contribution in [2.75, 3.05) is 20.3 Å². The van der Waals surface area contributed by atoms with Gasteiger partial charge in [0.05, 0.1) is 26.0 Å². The van der Waals surface area contributed by atoms with E-state index in [0.717, 1.165) is 0 Å². The van der Waals surface area contributed by atoms with Gasteiger partial charge in [-0.05, 0) is 6.07 Å². The van der Waals surface area contributed by atoms with Crippen molar-refractivity contribution in [3.8, 4) is 5.75 Å². The lowest BCUT2D eigenvalue weighted by atomic mass is 10.0.